The fourth-order valence-corrected chi connectivity index (χ4v) is 9.35. The molecule has 0 bridgehead atoms. The van der Waals surface area contributed by atoms with Crippen molar-refractivity contribution < 1.29 is 0 Å². The second-order valence-electron chi connectivity index (χ2n) is 11.2. The molecule has 0 N–H and O–H groups in total. The minimum absolute atomic E-state index is 0.381. The molecule has 0 amide bonds. The first-order chi connectivity index (χ1) is 14.0. The lowest BCUT2D eigenvalue weighted by Crippen LogP contribution is -2.54. The van der Waals surface area contributed by atoms with Gasteiger partial charge < -0.3 is 0 Å². The molecule has 3 atom stereocenters. The Kier molecular flexibility index (Phi) is 6.21. The molecule has 4 rings (SSSR count). The molecule has 2 saturated carbocycles. The fraction of sp³-hybridized carbons (Fsp3) is 0.793. The van der Waals surface area contributed by atoms with E-state index in [9.17, 15) is 0 Å². The van der Waals surface area contributed by atoms with Crippen LogP contribution in [0.4, 0.5) is 0 Å². The Labute approximate surface area is 181 Å². The summed E-state index contributed by atoms with van der Waals surface area (Å²) in [4.78, 5) is 0. The molecule has 0 heterocycles. The summed E-state index contributed by atoms with van der Waals surface area (Å²) in [6, 6.07) is 7.40. The topological polar surface area (TPSA) is 0 Å². The Morgan fingerprint density at radius 3 is 2.17 bits per heavy atom. The van der Waals surface area contributed by atoms with Crippen LogP contribution >= 0.6 is 0 Å². The van der Waals surface area contributed by atoms with Gasteiger partial charge in [-0.05, 0) is 91.2 Å². The Hall–Kier alpha value is -0.780. The fourth-order valence-electron chi connectivity index (χ4n) is 9.35. The van der Waals surface area contributed by atoms with Crippen LogP contribution in [-0.2, 0) is 5.41 Å². The molecule has 0 aliphatic heterocycles. The van der Waals surface area contributed by atoms with Crippen LogP contribution in [0.25, 0.3) is 0 Å². The van der Waals surface area contributed by atoms with E-state index in [0.29, 0.717) is 10.8 Å². The van der Waals surface area contributed by atoms with Gasteiger partial charge in [-0.25, -0.2) is 0 Å². The van der Waals surface area contributed by atoms with E-state index in [0.717, 1.165) is 23.7 Å². The van der Waals surface area contributed by atoms with E-state index in [1.54, 1.807) is 11.1 Å². The van der Waals surface area contributed by atoms with Crippen molar-refractivity contribution >= 4 is 0 Å². The summed E-state index contributed by atoms with van der Waals surface area (Å²) >= 11 is 0. The molecule has 0 saturated heterocycles. The Morgan fingerprint density at radius 2 is 1.59 bits per heavy atom. The van der Waals surface area contributed by atoms with Gasteiger partial charge in [-0.2, -0.15) is 0 Å². The van der Waals surface area contributed by atoms with Gasteiger partial charge in [0.1, 0.15) is 0 Å². The largest absolute Gasteiger partial charge is 0.0654 e. The number of hydrogen-bond donors (Lipinski definition) is 0. The third kappa shape index (κ3) is 2.98. The molecule has 0 radical (unpaired) electrons. The maximum absolute atomic E-state index is 2.62. The van der Waals surface area contributed by atoms with Crippen molar-refractivity contribution in [2.24, 2.45) is 23.2 Å². The van der Waals surface area contributed by atoms with Gasteiger partial charge in [0, 0.05) is 5.41 Å². The number of hydrogen-bond acceptors (Lipinski definition) is 0. The maximum atomic E-state index is 2.62. The van der Waals surface area contributed by atoms with Crippen molar-refractivity contribution in [3.8, 4) is 0 Å². The normalized spacial score (nSPS) is 33.5. The molecule has 162 valence electrons. The predicted molar refractivity (Wildman–Crippen MR) is 127 cm³/mol. The number of benzene rings is 1. The number of fused-ring (bicyclic) bond motifs is 1. The summed E-state index contributed by atoms with van der Waals surface area (Å²) < 4.78 is 0. The molecule has 0 aromatic heterocycles. The summed E-state index contributed by atoms with van der Waals surface area (Å²) in [6.07, 6.45) is 17.3. The minimum Gasteiger partial charge on any atom is -0.0654 e. The molecule has 29 heavy (non-hydrogen) atoms. The van der Waals surface area contributed by atoms with Crippen LogP contribution in [0.5, 0.6) is 0 Å². The second kappa shape index (κ2) is 8.39. The molecule has 1 aromatic rings. The number of aryl methyl sites for hydroxylation is 1. The molecule has 3 unspecified atom stereocenters. The SMILES string of the molecule is CCCC1(CC)c2c(C)cccc2C(C2CCCC2)C1(C(C)C)C1CCCCC1. The van der Waals surface area contributed by atoms with E-state index >= 15 is 0 Å². The molecular weight excluding hydrogens is 348 g/mol. The molecule has 3 aliphatic rings. The smallest absolute Gasteiger partial charge is 0.00232 e. The predicted octanol–water partition coefficient (Wildman–Crippen LogP) is 8.95. The molecule has 1 aromatic carbocycles. The van der Waals surface area contributed by atoms with E-state index in [2.05, 4.69) is 52.8 Å². The quantitative estimate of drug-likeness (QED) is 0.451. The maximum Gasteiger partial charge on any atom is 0.00232 e. The van der Waals surface area contributed by atoms with Crippen molar-refractivity contribution in [2.75, 3.05) is 0 Å². The van der Waals surface area contributed by atoms with E-state index < -0.39 is 0 Å². The summed E-state index contributed by atoms with van der Waals surface area (Å²) in [5, 5.41) is 0. The zero-order chi connectivity index (χ0) is 20.6. The van der Waals surface area contributed by atoms with Gasteiger partial charge in [0.2, 0.25) is 0 Å². The third-order valence-corrected chi connectivity index (χ3v) is 9.85. The van der Waals surface area contributed by atoms with Crippen LogP contribution in [0.1, 0.15) is 127 Å². The van der Waals surface area contributed by atoms with Crippen molar-refractivity contribution in [1.82, 2.24) is 0 Å². The van der Waals surface area contributed by atoms with Gasteiger partial charge in [-0.1, -0.05) is 84.4 Å². The van der Waals surface area contributed by atoms with Crippen LogP contribution in [0.15, 0.2) is 18.2 Å². The zero-order valence-electron chi connectivity index (χ0n) is 20.0. The first-order valence-electron chi connectivity index (χ1n) is 13.1. The highest BCUT2D eigenvalue weighted by Crippen LogP contribution is 2.73. The molecule has 2 fully saturated rings. The van der Waals surface area contributed by atoms with Gasteiger partial charge in [-0.3, -0.25) is 0 Å². The summed E-state index contributed by atoms with van der Waals surface area (Å²) in [7, 11) is 0. The molecule has 3 aliphatic carbocycles. The third-order valence-electron chi connectivity index (χ3n) is 9.85. The summed E-state index contributed by atoms with van der Waals surface area (Å²) in [6.45, 7) is 12.7. The van der Waals surface area contributed by atoms with Crippen molar-refractivity contribution in [3.05, 3.63) is 34.9 Å². The Morgan fingerprint density at radius 1 is 0.931 bits per heavy atom. The van der Waals surface area contributed by atoms with Gasteiger partial charge in [0.05, 0.1) is 0 Å². The highest BCUT2D eigenvalue weighted by Gasteiger charge is 2.66. The monoisotopic (exact) mass is 394 g/mol. The van der Waals surface area contributed by atoms with E-state index in [-0.39, 0.29) is 0 Å². The van der Waals surface area contributed by atoms with Crippen LogP contribution in [0.2, 0.25) is 0 Å². The van der Waals surface area contributed by atoms with Crippen LogP contribution in [0, 0.1) is 30.1 Å². The lowest BCUT2D eigenvalue weighted by molar-refractivity contribution is -0.0604. The molecule has 0 spiro atoms. The van der Waals surface area contributed by atoms with Gasteiger partial charge in [-0.15, -0.1) is 0 Å². The highest BCUT2D eigenvalue weighted by molar-refractivity contribution is 5.52. The first-order valence-corrected chi connectivity index (χ1v) is 13.1. The minimum atomic E-state index is 0.381. The Bertz CT molecular complexity index is 688. The Balaban J connectivity index is 2.02. The van der Waals surface area contributed by atoms with Gasteiger partial charge >= 0.3 is 0 Å². The standard InChI is InChI=1S/C29H46/c1-6-20-28(7-2)26-22(5)14-13-19-25(26)27(23-15-11-12-16-23)29(28,21(3)4)24-17-9-8-10-18-24/h13-14,19,21,23-24,27H,6-12,15-18,20H2,1-5H3. The van der Waals surface area contributed by atoms with Gasteiger partial charge in [0.15, 0.2) is 0 Å². The van der Waals surface area contributed by atoms with Crippen LogP contribution in [-0.4, -0.2) is 0 Å². The average molecular weight is 395 g/mol. The van der Waals surface area contributed by atoms with E-state index in [1.807, 2.05) is 5.56 Å². The zero-order valence-corrected chi connectivity index (χ0v) is 20.0. The molecule has 0 heteroatoms. The average Bonchev–Trinajstić information content (AvgIpc) is 3.33. The second-order valence-corrected chi connectivity index (χ2v) is 11.2. The van der Waals surface area contributed by atoms with Crippen molar-refractivity contribution in [2.45, 2.75) is 123 Å². The lowest BCUT2D eigenvalue weighted by atomic mass is 9.44. The molecule has 0 nitrogen and oxygen atoms in total. The lowest BCUT2D eigenvalue weighted by Gasteiger charge is -2.59. The summed E-state index contributed by atoms with van der Waals surface area (Å²) in [5.74, 6) is 3.40. The number of rotatable bonds is 6. The highest BCUT2D eigenvalue weighted by atomic mass is 14.7. The molecular formula is C29H46. The van der Waals surface area contributed by atoms with Crippen LogP contribution < -0.4 is 0 Å². The van der Waals surface area contributed by atoms with Crippen LogP contribution in [0.3, 0.4) is 0 Å². The summed E-state index contributed by atoms with van der Waals surface area (Å²) in [5.41, 5.74) is 6.05. The first kappa shape index (κ1) is 21.5. The van der Waals surface area contributed by atoms with Crippen molar-refractivity contribution in [3.63, 3.8) is 0 Å². The van der Waals surface area contributed by atoms with E-state index in [4.69, 9.17) is 0 Å². The van der Waals surface area contributed by atoms with Gasteiger partial charge in [0.25, 0.3) is 0 Å². The van der Waals surface area contributed by atoms with Crippen molar-refractivity contribution in [1.29, 1.82) is 0 Å². The van der Waals surface area contributed by atoms with E-state index in [1.165, 1.54) is 77.0 Å².